The molecule has 1 saturated heterocycles. The summed E-state index contributed by atoms with van der Waals surface area (Å²) in [5.41, 5.74) is 0.0376. The number of likely N-dealkylation sites (tertiary alicyclic amines) is 1. The lowest BCUT2D eigenvalue weighted by molar-refractivity contribution is -0.142. The van der Waals surface area contributed by atoms with Crippen LogP contribution in [0.3, 0.4) is 0 Å². The fourth-order valence-electron chi connectivity index (χ4n) is 2.88. The number of carbonyl (C=O) groups excluding carboxylic acids is 1. The SMILES string of the molecule is O=C(Cn1ccc(C(F)(F)F)n1)N1CCC(c2ccccn2)CC1. The normalized spacial score (nSPS) is 16.4. The Hall–Kier alpha value is -2.38. The average Bonchev–Trinajstić information content (AvgIpc) is 3.05. The summed E-state index contributed by atoms with van der Waals surface area (Å²) in [6.07, 6.45) is 0.0464. The van der Waals surface area contributed by atoms with Crippen molar-refractivity contribution in [3.05, 3.63) is 48.0 Å². The van der Waals surface area contributed by atoms with Crippen LogP contribution in [-0.2, 0) is 17.5 Å². The van der Waals surface area contributed by atoms with E-state index >= 15 is 0 Å². The van der Waals surface area contributed by atoms with E-state index in [1.54, 1.807) is 11.1 Å². The first-order chi connectivity index (χ1) is 11.4. The van der Waals surface area contributed by atoms with Crippen molar-refractivity contribution in [2.45, 2.75) is 31.5 Å². The Kier molecular flexibility index (Phi) is 4.55. The highest BCUT2D eigenvalue weighted by Gasteiger charge is 2.34. The molecule has 128 valence electrons. The molecule has 3 rings (SSSR count). The van der Waals surface area contributed by atoms with Gasteiger partial charge in [0.25, 0.3) is 0 Å². The maximum atomic E-state index is 12.5. The third kappa shape index (κ3) is 3.74. The second-order valence-corrected chi connectivity index (χ2v) is 5.81. The van der Waals surface area contributed by atoms with E-state index in [2.05, 4.69) is 10.1 Å². The van der Waals surface area contributed by atoms with Gasteiger partial charge in [0.1, 0.15) is 6.54 Å². The summed E-state index contributed by atoms with van der Waals surface area (Å²) in [5.74, 6) is 0.100. The lowest BCUT2D eigenvalue weighted by Crippen LogP contribution is -2.40. The van der Waals surface area contributed by atoms with Crippen LogP contribution >= 0.6 is 0 Å². The summed E-state index contributed by atoms with van der Waals surface area (Å²) in [6, 6.07) is 6.66. The van der Waals surface area contributed by atoms with Gasteiger partial charge in [-0.2, -0.15) is 18.3 Å². The molecule has 8 heteroatoms. The molecule has 5 nitrogen and oxygen atoms in total. The number of hydrogen-bond donors (Lipinski definition) is 0. The third-order valence-electron chi connectivity index (χ3n) is 4.18. The molecule has 1 aliphatic rings. The molecular weight excluding hydrogens is 321 g/mol. The van der Waals surface area contributed by atoms with Crippen molar-refractivity contribution in [3.8, 4) is 0 Å². The number of rotatable bonds is 3. The van der Waals surface area contributed by atoms with Crippen LogP contribution in [0.4, 0.5) is 13.2 Å². The zero-order valence-corrected chi connectivity index (χ0v) is 12.9. The molecule has 2 aromatic heterocycles. The Morgan fingerprint density at radius 3 is 2.54 bits per heavy atom. The van der Waals surface area contributed by atoms with E-state index in [-0.39, 0.29) is 12.5 Å². The van der Waals surface area contributed by atoms with Gasteiger partial charge in [0, 0.05) is 37.1 Å². The van der Waals surface area contributed by atoms with Crippen LogP contribution in [-0.4, -0.2) is 38.7 Å². The van der Waals surface area contributed by atoms with Crippen molar-refractivity contribution in [2.24, 2.45) is 0 Å². The van der Waals surface area contributed by atoms with Crippen molar-refractivity contribution in [3.63, 3.8) is 0 Å². The molecule has 1 fully saturated rings. The van der Waals surface area contributed by atoms with E-state index in [0.717, 1.165) is 29.3 Å². The van der Waals surface area contributed by atoms with E-state index in [4.69, 9.17) is 0 Å². The zero-order chi connectivity index (χ0) is 17.2. The van der Waals surface area contributed by atoms with Crippen molar-refractivity contribution >= 4 is 5.91 Å². The Bertz CT molecular complexity index is 691. The lowest BCUT2D eigenvalue weighted by Gasteiger charge is -2.31. The fourth-order valence-corrected chi connectivity index (χ4v) is 2.88. The van der Waals surface area contributed by atoms with Gasteiger partial charge in [0.2, 0.25) is 5.91 Å². The molecule has 0 aromatic carbocycles. The number of halogens is 3. The molecule has 0 atom stereocenters. The first-order valence-corrected chi connectivity index (χ1v) is 7.73. The number of piperidine rings is 1. The number of aromatic nitrogens is 3. The molecule has 24 heavy (non-hydrogen) atoms. The van der Waals surface area contributed by atoms with E-state index in [9.17, 15) is 18.0 Å². The van der Waals surface area contributed by atoms with E-state index in [1.807, 2.05) is 18.2 Å². The summed E-state index contributed by atoms with van der Waals surface area (Å²) >= 11 is 0. The van der Waals surface area contributed by atoms with Crippen molar-refractivity contribution in [1.29, 1.82) is 0 Å². The zero-order valence-electron chi connectivity index (χ0n) is 12.9. The Morgan fingerprint density at radius 2 is 1.96 bits per heavy atom. The van der Waals surface area contributed by atoms with Crippen molar-refractivity contribution in [2.75, 3.05) is 13.1 Å². The number of nitrogens with zero attached hydrogens (tertiary/aromatic N) is 4. The molecule has 0 saturated carbocycles. The smallest absolute Gasteiger partial charge is 0.341 e. The monoisotopic (exact) mass is 338 g/mol. The molecule has 1 amide bonds. The summed E-state index contributed by atoms with van der Waals surface area (Å²) in [6.45, 7) is 0.977. The van der Waals surface area contributed by atoms with Crippen LogP contribution in [0.5, 0.6) is 0 Å². The quantitative estimate of drug-likeness (QED) is 0.865. The topological polar surface area (TPSA) is 51.0 Å². The second kappa shape index (κ2) is 6.62. The minimum Gasteiger partial charge on any atom is -0.341 e. The van der Waals surface area contributed by atoms with E-state index in [0.29, 0.717) is 19.0 Å². The Morgan fingerprint density at radius 1 is 1.21 bits per heavy atom. The maximum absolute atomic E-state index is 12.5. The van der Waals surface area contributed by atoms with Crippen LogP contribution in [0, 0.1) is 0 Å². The van der Waals surface area contributed by atoms with Gasteiger partial charge < -0.3 is 4.90 Å². The average molecular weight is 338 g/mol. The number of alkyl halides is 3. The molecule has 0 N–H and O–H groups in total. The molecule has 0 bridgehead atoms. The number of pyridine rings is 1. The van der Waals surface area contributed by atoms with Gasteiger partial charge in [-0.05, 0) is 31.0 Å². The molecule has 0 aliphatic carbocycles. The predicted octanol–water partition coefficient (Wildman–Crippen LogP) is 2.70. The highest BCUT2D eigenvalue weighted by atomic mass is 19.4. The maximum Gasteiger partial charge on any atom is 0.435 e. The second-order valence-electron chi connectivity index (χ2n) is 5.81. The van der Waals surface area contributed by atoms with Crippen LogP contribution in [0.1, 0.15) is 30.1 Å². The first-order valence-electron chi connectivity index (χ1n) is 7.73. The third-order valence-corrected chi connectivity index (χ3v) is 4.18. The van der Waals surface area contributed by atoms with Gasteiger partial charge in [-0.1, -0.05) is 6.07 Å². The highest BCUT2D eigenvalue weighted by molar-refractivity contribution is 5.76. The van der Waals surface area contributed by atoms with Gasteiger partial charge in [0.05, 0.1) is 0 Å². The Labute approximate surface area is 137 Å². The number of amides is 1. The largest absolute Gasteiger partial charge is 0.435 e. The number of hydrogen-bond acceptors (Lipinski definition) is 3. The Balaban J connectivity index is 1.55. The van der Waals surface area contributed by atoms with E-state index < -0.39 is 11.9 Å². The molecule has 0 radical (unpaired) electrons. The molecule has 1 aliphatic heterocycles. The van der Waals surface area contributed by atoms with E-state index in [1.165, 1.54) is 6.20 Å². The van der Waals surface area contributed by atoms with Gasteiger partial charge >= 0.3 is 6.18 Å². The highest BCUT2D eigenvalue weighted by Crippen LogP contribution is 2.28. The minimum absolute atomic E-state index is 0.176. The van der Waals surface area contributed by atoms with Gasteiger partial charge in [-0.15, -0.1) is 0 Å². The van der Waals surface area contributed by atoms with Crippen LogP contribution in [0.15, 0.2) is 36.7 Å². The van der Waals surface area contributed by atoms with Gasteiger partial charge in [0.15, 0.2) is 5.69 Å². The molecule has 0 unspecified atom stereocenters. The molecule has 2 aromatic rings. The molecule has 0 spiro atoms. The summed E-state index contributed by atoms with van der Waals surface area (Å²) in [4.78, 5) is 18.3. The molecular formula is C16H17F3N4O. The van der Waals surface area contributed by atoms with Crippen LogP contribution in [0.25, 0.3) is 0 Å². The minimum atomic E-state index is -4.49. The lowest BCUT2D eigenvalue weighted by atomic mass is 9.93. The first kappa shape index (κ1) is 16.5. The van der Waals surface area contributed by atoms with Gasteiger partial charge in [-0.3, -0.25) is 14.5 Å². The fraction of sp³-hybridized carbons (Fsp3) is 0.438. The van der Waals surface area contributed by atoms with Gasteiger partial charge in [-0.25, -0.2) is 0 Å². The summed E-state index contributed by atoms with van der Waals surface area (Å²) < 4.78 is 38.6. The molecule has 3 heterocycles. The van der Waals surface area contributed by atoms with Crippen LogP contribution < -0.4 is 0 Å². The van der Waals surface area contributed by atoms with Crippen LogP contribution in [0.2, 0.25) is 0 Å². The standard InChI is InChI=1S/C16H17F3N4O/c17-16(18,19)14-6-10-23(21-14)11-15(24)22-8-4-12(5-9-22)13-3-1-2-7-20-13/h1-3,6-7,10,12H,4-5,8-9,11H2. The summed E-state index contributed by atoms with van der Waals surface area (Å²) in [5, 5.41) is 3.41. The van der Waals surface area contributed by atoms with Crippen molar-refractivity contribution < 1.29 is 18.0 Å². The predicted molar refractivity (Wildman–Crippen MR) is 80.0 cm³/mol. The number of carbonyl (C=O) groups is 1. The summed E-state index contributed by atoms with van der Waals surface area (Å²) in [7, 11) is 0. The van der Waals surface area contributed by atoms with Crippen molar-refractivity contribution in [1.82, 2.24) is 19.7 Å².